The van der Waals surface area contributed by atoms with Crippen LogP contribution in [0.25, 0.3) is 6.08 Å². The molecule has 0 spiro atoms. The molecule has 0 unspecified atom stereocenters. The molecule has 0 radical (unpaired) electrons. The second kappa shape index (κ2) is 5.79. The smallest absolute Gasteiger partial charge is 0.0164 e. The highest BCUT2D eigenvalue weighted by Crippen LogP contribution is 2.17. The summed E-state index contributed by atoms with van der Waals surface area (Å²) in [6, 6.07) is 12.6. The lowest BCUT2D eigenvalue weighted by Gasteiger charge is -1.95. The summed E-state index contributed by atoms with van der Waals surface area (Å²) in [5.41, 5.74) is 1.30. The van der Waals surface area contributed by atoms with Gasteiger partial charge in [-0.1, -0.05) is 30.4 Å². The molecule has 0 saturated heterocycles. The fourth-order valence-electron chi connectivity index (χ4n) is 1.22. The lowest BCUT2D eigenvalue weighted by molar-refractivity contribution is 1.46. The molecule has 0 atom stereocenters. The highest BCUT2D eigenvalue weighted by Gasteiger charge is 1.89. The van der Waals surface area contributed by atoms with Crippen LogP contribution in [-0.4, -0.2) is 5.75 Å². The van der Waals surface area contributed by atoms with Crippen LogP contribution in [0.3, 0.4) is 0 Å². The van der Waals surface area contributed by atoms with Gasteiger partial charge >= 0.3 is 0 Å². The van der Waals surface area contributed by atoms with Gasteiger partial charge in [0.1, 0.15) is 0 Å². The molecule has 15 heavy (non-hydrogen) atoms. The molecule has 1 heterocycles. The maximum atomic E-state index is 2.21. The molecule has 76 valence electrons. The van der Waals surface area contributed by atoms with E-state index in [2.05, 4.69) is 53.2 Å². The van der Waals surface area contributed by atoms with Crippen LogP contribution in [0.15, 0.2) is 58.1 Å². The third-order valence-electron chi connectivity index (χ3n) is 1.94. The largest absolute Gasteiger partial charge is 0.152 e. The summed E-state index contributed by atoms with van der Waals surface area (Å²) in [5.74, 6) is 1.03. The first-order valence-corrected chi connectivity index (χ1v) is 6.74. The van der Waals surface area contributed by atoms with Crippen molar-refractivity contribution in [2.45, 2.75) is 4.90 Å². The van der Waals surface area contributed by atoms with Crippen LogP contribution in [0.2, 0.25) is 0 Å². The zero-order chi connectivity index (χ0) is 10.3. The first-order valence-electron chi connectivity index (χ1n) is 4.82. The fraction of sp³-hybridized carbons (Fsp3) is 0.0769. The number of rotatable bonds is 4. The van der Waals surface area contributed by atoms with E-state index in [1.807, 2.05) is 17.8 Å². The summed E-state index contributed by atoms with van der Waals surface area (Å²) in [6.07, 6.45) is 4.38. The summed E-state index contributed by atoms with van der Waals surface area (Å²) >= 11 is 3.59. The first kappa shape index (κ1) is 10.5. The van der Waals surface area contributed by atoms with Crippen molar-refractivity contribution in [3.63, 3.8) is 0 Å². The van der Waals surface area contributed by atoms with E-state index in [1.54, 1.807) is 11.3 Å². The molecule has 1 aromatic carbocycles. The van der Waals surface area contributed by atoms with Crippen LogP contribution in [0.1, 0.15) is 5.56 Å². The molecule has 1 aromatic heterocycles. The van der Waals surface area contributed by atoms with Crippen LogP contribution in [0.5, 0.6) is 0 Å². The Morgan fingerprint density at radius 2 is 2.00 bits per heavy atom. The zero-order valence-corrected chi connectivity index (χ0v) is 9.93. The Bertz CT molecular complexity index is 401. The lowest BCUT2D eigenvalue weighted by Crippen LogP contribution is -1.72. The standard InChI is InChI=1S/C13H12S2/c1-2-6-13(7-3-1)15-9-4-5-12-8-10-14-11-12/h1-8,10-11H,9H2. The molecule has 2 heteroatoms. The van der Waals surface area contributed by atoms with E-state index in [-0.39, 0.29) is 0 Å². The van der Waals surface area contributed by atoms with E-state index in [0.717, 1.165) is 5.75 Å². The van der Waals surface area contributed by atoms with Crippen molar-refractivity contribution in [1.82, 2.24) is 0 Å². The Morgan fingerprint density at radius 1 is 1.13 bits per heavy atom. The van der Waals surface area contributed by atoms with E-state index < -0.39 is 0 Å². The normalized spacial score (nSPS) is 10.9. The third-order valence-corrected chi connectivity index (χ3v) is 3.61. The van der Waals surface area contributed by atoms with Crippen LogP contribution >= 0.6 is 23.1 Å². The second-order valence-corrected chi connectivity index (χ2v) is 4.96. The Labute approximate surface area is 98.7 Å². The average Bonchev–Trinajstić information content (AvgIpc) is 2.79. The Kier molecular flexibility index (Phi) is 4.06. The van der Waals surface area contributed by atoms with Gasteiger partial charge < -0.3 is 0 Å². The maximum Gasteiger partial charge on any atom is 0.0164 e. The van der Waals surface area contributed by atoms with Gasteiger partial charge in [-0.3, -0.25) is 0 Å². The predicted octanol–water partition coefficient (Wildman–Crippen LogP) is 4.55. The number of hydrogen-bond donors (Lipinski definition) is 0. The molecule has 0 aliphatic heterocycles. The van der Waals surface area contributed by atoms with Gasteiger partial charge in [0.2, 0.25) is 0 Å². The molecule has 2 aromatic rings. The number of benzene rings is 1. The SMILES string of the molecule is C(=Cc1ccsc1)CSc1ccccc1. The minimum Gasteiger partial charge on any atom is -0.152 e. The topological polar surface area (TPSA) is 0 Å². The highest BCUT2D eigenvalue weighted by atomic mass is 32.2. The first-order chi connectivity index (χ1) is 7.45. The highest BCUT2D eigenvalue weighted by molar-refractivity contribution is 7.99. The van der Waals surface area contributed by atoms with Crippen LogP contribution in [-0.2, 0) is 0 Å². The van der Waals surface area contributed by atoms with Gasteiger partial charge in [-0.25, -0.2) is 0 Å². The molecule has 0 nitrogen and oxygen atoms in total. The van der Waals surface area contributed by atoms with Gasteiger partial charge in [-0.2, -0.15) is 11.3 Å². The third kappa shape index (κ3) is 3.57. The minimum absolute atomic E-state index is 1.03. The molecule has 0 N–H and O–H groups in total. The van der Waals surface area contributed by atoms with Gasteiger partial charge in [0, 0.05) is 10.6 Å². The molecule has 0 aliphatic carbocycles. The molecule has 0 fully saturated rings. The molecule has 0 bridgehead atoms. The number of thioether (sulfide) groups is 1. The lowest BCUT2D eigenvalue weighted by atomic mass is 10.3. The van der Waals surface area contributed by atoms with Crippen molar-refractivity contribution < 1.29 is 0 Å². The quantitative estimate of drug-likeness (QED) is 0.697. The van der Waals surface area contributed by atoms with Crippen LogP contribution in [0.4, 0.5) is 0 Å². The minimum atomic E-state index is 1.03. The summed E-state index contributed by atoms with van der Waals surface area (Å²) in [4.78, 5) is 1.33. The van der Waals surface area contributed by atoms with Gasteiger partial charge in [0.05, 0.1) is 0 Å². The predicted molar refractivity (Wildman–Crippen MR) is 70.5 cm³/mol. The van der Waals surface area contributed by atoms with E-state index in [4.69, 9.17) is 0 Å². The summed E-state index contributed by atoms with van der Waals surface area (Å²) in [5, 5.41) is 4.26. The van der Waals surface area contributed by atoms with Crippen molar-refractivity contribution in [2.75, 3.05) is 5.75 Å². The zero-order valence-electron chi connectivity index (χ0n) is 8.30. The van der Waals surface area contributed by atoms with Crippen molar-refractivity contribution in [2.24, 2.45) is 0 Å². The summed E-state index contributed by atoms with van der Waals surface area (Å²) in [6.45, 7) is 0. The molecule has 2 rings (SSSR count). The monoisotopic (exact) mass is 232 g/mol. The van der Waals surface area contributed by atoms with E-state index in [0.29, 0.717) is 0 Å². The molecular weight excluding hydrogens is 220 g/mol. The number of hydrogen-bond acceptors (Lipinski definition) is 2. The van der Waals surface area contributed by atoms with Gasteiger partial charge in [-0.05, 0) is 34.5 Å². The summed E-state index contributed by atoms with van der Waals surface area (Å²) < 4.78 is 0. The van der Waals surface area contributed by atoms with Crippen LogP contribution in [0, 0.1) is 0 Å². The molecule has 0 aliphatic rings. The maximum absolute atomic E-state index is 2.21. The van der Waals surface area contributed by atoms with E-state index >= 15 is 0 Å². The fourth-order valence-corrected chi connectivity index (χ4v) is 2.58. The summed E-state index contributed by atoms with van der Waals surface area (Å²) in [7, 11) is 0. The number of thiophene rings is 1. The van der Waals surface area contributed by atoms with Crippen LogP contribution < -0.4 is 0 Å². The van der Waals surface area contributed by atoms with Crippen molar-refractivity contribution in [3.8, 4) is 0 Å². The Balaban J connectivity index is 1.80. The van der Waals surface area contributed by atoms with Gasteiger partial charge in [0.15, 0.2) is 0 Å². The van der Waals surface area contributed by atoms with Crippen molar-refractivity contribution in [3.05, 3.63) is 58.8 Å². The van der Waals surface area contributed by atoms with Crippen molar-refractivity contribution >= 4 is 29.2 Å². The van der Waals surface area contributed by atoms with Gasteiger partial charge in [-0.15, -0.1) is 11.8 Å². The van der Waals surface area contributed by atoms with Crippen molar-refractivity contribution in [1.29, 1.82) is 0 Å². The molecule has 0 saturated carbocycles. The van der Waals surface area contributed by atoms with E-state index in [9.17, 15) is 0 Å². The molecular formula is C13H12S2. The molecule has 0 amide bonds. The Hall–Kier alpha value is -0.990. The van der Waals surface area contributed by atoms with Gasteiger partial charge in [0.25, 0.3) is 0 Å². The Morgan fingerprint density at radius 3 is 2.73 bits per heavy atom. The average molecular weight is 232 g/mol. The second-order valence-electron chi connectivity index (χ2n) is 3.08. The van der Waals surface area contributed by atoms with E-state index in [1.165, 1.54) is 10.5 Å².